The number of nitrogens with zero attached hydrogens (tertiary/aromatic N) is 2. The van der Waals surface area contributed by atoms with Gasteiger partial charge < -0.3 is 9.32 Å². The molecule has 11 heteroatoms. The van der Waals surface area contributed by atoms with Crippen LogP contribution in [0, 0.1) is 10.1 Å². The van der Waals surface area contributed by atoms with Gasteiger partial charge in [0.05, 0.1) is 16.2 Å². The first-order valence-corrected chi connectivity index (χ1v) is 9.55. The third-order valence-corrected chi connectivity index (χ3v) is 4.63. The van der Waals surface area contributed by atoms with Gasteiger partial charge in [-0.2, -0.15) is 0 Å². The number of amides is 3. The third kappa shape index (κ3) is 4.95. The van der Waals surface area contributed by atoms with E-state index in [4.69, 9.17) is 4.42 Å². The lowest BCUT2D eigenvalue weighted by Gasteiger charge is -2.19. The van der Waals surface area contributed by atoms with Crippen molar-refractivity contribution in [3.63, 3.8) is 0 Å². The molecule has 2 N–H and O–H groups in total. The summed E-state index contributed by atoms with van der Waals surface area (Å²) in [6.45, 7) is 0. The molecule has 3 rings (SSSR count). The number of halogens is 1. The zero-order chi connectivity index (χ0) is 22.5. The molecule has 0 fully saturated rings. The predicted molar refractivity (Wildman–Crippen MR) is 114 cm³/mol. The second kappa shape index (κ2) is 9.22. The Balaban J connectivity index is 1.74. The minimum Gasteiger partial charge on any atom is -0.444 e. The summed E-state index contributed by atoms with van der Waals surface area (Å²) >= 11 is 3.13. The van der Waals surface area contributed by atoms with Gasteiger partial charge >= 0.3 is 0 Å². The van der Waals surface area contributed by atoms with Crippen LogP contribution < -0.4 is 15.8 Å². The number of carbonyl (C=O) groups excluding carboxylic acids is 3. The van der Waals surface area contributed by atoms with Crippen molar-refractivity contribution >= 4 is 45.0 Å². The lowest BCUT2D eigenvalue weighted by Crippen LogP contribution is -2.42. The second-order valence-electron chi connectivity index (χ2n) is 6.20. The zero-order valence-electron chi connectivity index (χ0n) is 16.0. The summed E-state index contributed by atoms with van der Waals surface area (Å²) in [5.74, 6) is -1.83. The van der Waals surface area contributed by atoms with Crippen LogP contribution in [0.25, 0.3) is 0 Å². The van der Waals surface area contributed by atoms with Crippen molar-refractivity contribution in [3.8, 4) is 0 Å². The number of rotatable bonds is 5. The number of non-ortho nitro benzene ring substituents is 1. The summed E-state index contributed by atoms with van der Waals surface area (Å²) in [6.07, 6.45) is 0. The van der Waals surface area contributed by atoms with Crippen LogP contribution in [0.2, 0.25) is 0 Å². The Labute approximate surface area is 184 Å². The van der Waals surface area contributed by atoms with Gasteiger partial charge in [0.1, 0.15) is 0 Å². The van der Waals surface area contributed by atoms with E-state index in [9.17, 15) is 24.5 Å². The number of hydrogen-bond donors (Lipinski definition) is 2. The first-order chi connectivity index (χ1) is 14.8. The van der Waals surface area contributed by atoms with Gasteiger partial charge in [-0.1, -0.05) is 18.2 Å². The molecule has 0 aliphatic rings. The number of benzene rings is 2. The van der Waals surface area contributed by atoms with Crippen LogP contribution >= 0.6 is 15.9 Å². The van der Waals surface area contributed by atoms with Gasteiger partial charge in [0.25, 0.3) is 23.4 Å². The van der Waals surface area contributed by atoms with E-state index in [2.05, 4.69) is 26.8 Å². The van der Waals surface area contributed by atoms with E-state index in [0.29, 0.717) is 4.67 Å². The van der Waals surface area contributed by atoms with E-state index < -0.39 is 22.6 Å². The maximum atomic E-state index is 12.6. The molecule has 3 aromatic rings. The Kier molecular flexibility index (Phi) is 6.46. The highest BCUT2D eigenvalue weighted by Gasteiger charge is 2.22. The number of carbonyl (C=O) groups is 3. The Bertz CT molecular complexity index is 1180. The Morgan fingerprint density at radius 1 is 1.00 bits per heavy atom. The van der Waals surface area contributed by atoms with Crippen LogP contribution in [-0.2, 0) is 0 Å². The predicted octanol–water partition coefficient (Wildman–Crippen LogP) is 3.30. The molecule has 3 amide bonds. The van der Waals surface area contributed by atoms with Gasteiger partial charge in [-0.3, -0.25) is 35.3 Å². The zero-order valence-corrected chi connectivity index (χ0v) is 17.6. The number of nitro benzene ring substituents is 1. The highest BCUT2D eigenvalue weighted by molar-refractivity contribution is 9.10. The SMILES string of the molecule is CN(C(=O)c1ccc(Br)o1)c1ccccc1C(=O)NNC(=O)c1cccc([N+](=O)[O-])c1. The van der Waals surface area contributed by atoms with Gasteiger partial charge in [-0.15, -0.1) is 0 Å². The van der Waals surface area contributed by atoms with Crippen molar-refractivity contribution in [2.24, 2.45) is 0 Å². The molecule has 0 unspecified atom stereocenters. The van der Waals surface area contributed by atoms with Crippen molar-refractivity contribution in [1.82, 2.24) is 10.9 Å². The molecular weight excluding hydrogens is 472 g/mol. The van der Waals surface area contributed by atoms with E-state index in [-0.39, 0.29) is 28.3 Å². The van der Waals surface area contributed by atoms with Crippen LogP contribution in [0.3, 0.4) is 0 Å². The molecule has 1 heterocycles. The van der Waals surface area contributed by atoms with Gasteiger partial charge in [-0.25, -0.2) is 0 Å². The molecule has 0 saturated carbocycles. The molecule has 10 nitrogen and oxygen atoms in total. The highest BCUT2D eigenvalue weighted by atomic mass is 79.9. The molecule has 1 aromatic heterocycles. The van der Waals surface area contributed by atoms with Gasteiger partial charge in [0.15, 0.2) is 10.4 Å². The fraction of sp³-hybridized carbons (Fsp3) is 0.0500. The van der Waals surface area contributed by atoms with Crippen LogP contribution in [0.5, 0.6) is 0 Å². The number of furan rings is 1. The molecule has 0 radical (unpaired) electrons. The van der Waals surface area contributed by atoms with Crippen molar-refractivity contribution in [2.45, 2.75) is 0 Å². The molecule has 0 aliphatic heterocycles. The fourth-order valence-electron chi connectivity index (χ4n) is 2.68. The van der Waals surface area contributed by atoms with E-state index in [0.717, 1.165) is 6.07 Å². The van der Waals surface area contributed by atoms with E-state index >= 15 is 0 Å². The Morgan fingerprint density at radius 3 is 2.39 bits per heavy atom. The maximum Gasteiger partial charge on any atom is 0.293 e. The van der Waals surface area contributed by atoms with E-state index in [1.165, 1.54) is 42.3 Å². The molecule has 31 heavy (non-hydrogen) atoms. The lowest BCUT2D eigenvalue weighted by molar-refractivity contribution is -0.384. The molecule has 0 spiro atoms. The topological polar surface area (TPSA) is 135 Å². The number of hydrogen-bond acceptors (Lipinski definition) is 6. The Hall–Kier alpha value is -3.99. The number of hydrazine groups is 1. The average Bonchev–Trinajstić information content (AvgIpc) is 3.22. The molecule has 158 valence electrons. The van der Waals surface area contributed by atoms with Gasteiger partial charge in [-0.05, 0) is 46.3 Å². The molecular formula is C20H15BrN4O6. The summed E-state index contributed by atoms with van der Waals surface area (Å²) < 4.78 is 5.65. The van der Waals surface area contributed by atoms with E-state index in [1.54, 1.807) is 24.3 Å². The number of nitrogens with one attached hydrogen (secondary N) is 2. The first-order valence-electron chi connectivity index (χ1n) is 8.75. The maximum absolute atomic E-state index is 12.6. The average molecular weight is 487 g/mol. The third-order valence-electron chi connectivity index (χ3n) is 4.21. The standard InChI is InChI=1S/C20H15BrN4O6/c1-24(20(28)16-9-10-17(21)31-16)15-8-3-2-7-14(15)19(27)23-22-18(26)12-5-4-6-13(11-12)25(29)30/h2-11H,1H3,(H,22,26)(H,23,27). The summed E-state index contributed by atoms with van der Waals surface area (Å²) in [5.41, 5.74) is 4.59. The van der Waals surface area contributed by atoms with Crippen molar-refractivity contribution in [1.29, 1.82) is 0 Å². The fourth-order valence-corrected chi connectivity index (χ4v) is 2.98. The largest absolute Gasteiger partial charge is 0.444 e. The van der Waals surface area contributed by atoms with Crippen molar-refractivity contribution < 1.29 is 23.7 Å². The number of nitro groups is 1. The van der Waals surface area contributed by atoms with Crippen molar-refractivity contribution in [3.05, 3.63) is 92.3 Å². The van der Waals surface area contributed by atoms with Crippen LogP contribution in [-0.4, -0.2) is 29.7 Å². The molecule has 0 saturated heterocycles. The summed E-state index contributed by atoms with van der Waals surface area (Å²) in [5, 5.41) is 10.8. The lowest BCUT2D eigenvalue weighted by atomic mass is 10.1. The Morgan fingerprint density at radius 2 is 1.71 bits per heavy atom. The number of para-hydroxylation sites is 1. The smallest absolute Gasteiger partial charge is 0.293 e. The summed E-state index contributed by atoms with van der Waals surface area (Å²) in [6, 6.07) is 14.4. The molecule has 0 aliphatic carbocycles. The van der Waals surface area contributed by atoms with Crippen LogP contribution in [0.4, 0.5) is 11.4 Å². The minimum absolute atomic E-state index is 0.00141. The highest BCUT2D eigenvalue weighted by Crippen LogP contribution is 2.23. The number of anilines is 1. The summed E-state index contributed by atoms with van der Waals surface area (Å²) in [4.78, 5) is 49.0. The second-order valence-corrected chi connectivity index (χ2v) is 6.98. The van der Waals surface area contributed by atoms with Crippen LogP contribution in [0.1, 0.15) is 31.3 Å². The van der Waals surface area contributed by atoms with Gasteiger partial charge in [0, 0.05) is 24.7 Å². The molecule has 0 atom stereocenters. The minimum atomic E-state index is -0.737. The monoisotopic (exact) mass is 486 g/mol. The van der Waals surface area contributed by atoms with Crippen molar-refractivity contribution in [2.75, 3.05) is 11.9 Å². The summed E-state index contributed by atoms with van der Waals surface area (Å²) in [7, 11) is 1.48. The van der Waals surface area contributed by atoms with Gasteiger partial charge in [0.2, 0.25) is 0 Å². The first kappa shape index (κ1) is 21.7. The van der Waals surface area contributed by atoms with Crippen LogP contribution in [0.15, 0.2) is 69.8 Å². The quantitative estimate of drug-likeness (QED) is 0.419. The normalized spacial score (nSPS) is 10.3. The molecule has 2 aromatic carbocycles. The van der Waals surface area contributed by atoms with E-state index in [1.807, 2.05) is 0 Å². The molecule has 0 bridgehead atoms.